The maximum Gasteiger partial charge on any atom is 0.169 e. The number of thioether (sulfide) groups is 1. The molecule has 1 aromatic rings. The van der Waals surface area contributed by atoms with Gasteiger partial charge in [0.15, 0.2) is 9.84 Å². The monoisotopic (exact) mass is 328 g/mol. The van der Waals surface area contributed by atoms with E-state index < -0.39 is 15.2 Å². The van der Waals surface area contributed by atoms with Gasteiger partial charge in [0.2, 0.25) is 0 Å². The van der Waals surface area contributed by atoms with E-state index in [1.54, 1.807) is 11.8 Å². The van der Waals surface area contributed by atoms with Crippen molar-refractivity contribution in [2.45, 2.75) is 25.8 Å². The smallest absolute Gasteiger partial charge is 0.169 e. The van der Waals surface area contributed by atoms with E-state index in [2.05, 4.69) is 42.3 Å². The number of anilines is 1. The molecule has 0 aromatic heterocycles. The first-order chi connectivity index (χ1) is 9.93. The average molecular weight is 329 g/mol. The van der Waals surface area contributed by atoms with Gasteiger partial charge in [-0.05, 0) is 30.7 Å². The minimum absolute atomic E-state index is 0.408. The van der Waals surface area contributed by atoms with Crippen molar-refractivity contribution < 1.29 is 8.42 Å². The molecule has 0 aliphatic carbocycles. The third kappa shape index (κ3) is 4.14. The van der Waals surface area contributed by atoms with Crippen LogP contribution < -0.4 is 10.2 Å². The summed E-state index contributed by atoms with van der Waals surface area (Å²) in [6.07, 6.45) is 1.34. The Bertz CT molecular complexity index is 587. The molecule has 0 saturated carbocycles. The standard InChI is InChI=1S/C15H24N2O2S2/c1-4-16-10-13-5-6-14(12(2)9-13)17-7-8-20-11-15(17)21(3,18)19/h5-6,9,15-16H,4,7-8,10-11H2,1-3H3. The molecular formula is C15H24N2O2S2. The molecule has 1 N–H and O–H groups in total. The van der Waals surface area contributed by atoms with Gasteiger partial charge in [-0.15, -0.1) is 0 Å². The lowest BCUT2D eigenvalue weighted by Gasteiger charge is -2.36. The van der Waals surface area contributed by atoms with Crippen molar-refractivity contribution in [2.24, 2.45) is 0 Å². The van der Waals surface area contributed by atoms with Crippen LogP contribution in [0.5, 0.6) is 0 Å². The molecule has 0 bridgehead atoms. The number of nitrogens with zero attached hydrogens (tertiary/aromatic N) is 1. The van der Waals surface area contributed by atoms with Crippen molar-refractivity contribution in [2.75, 3.05) is 35.8 Å². The molecule has 118 valence electrons. The summed E-state index contributed by atoms with van der Waals surface area (Å²) in [4.78, 5) is 2.05. The van der Waals surface area contributed by atoms with E-state index in [-0.39, 0.29) is 0 Å². The van der Waals surface area contributed by atoms with Gasteiger partial charge in [0.25, 0.3) is 0 Å². The van der Waals surface area contributed by atoms with Gasteiger partial charge >= 0.3 is 0 Å². The molecule has 1 unspecified atom stereocenters. The van der Waals surface area contributed by atoms with Crippen LogP contribution in [0.25, 0.3) is 0 Å². The van der Waals surface area contributed by atoms with E-state index in [1.807, 2.05) is 0 Å². The Morgan fingerprint density at radius 2 is 2.19 bits per heavy atom. The molecule has 2 rings (SSSR count). The third-order valence-corrected chi connectivity index (χ3v) is 6.37. The number of rotatable bonds is 5. The second-order valence-corrected chi connectivity index (χ2v) is 8.81. The molecule has 1 aliphatic heterocycles. The Labute approximate surface area is 132 Å². The molecule has 1 saturated heterocycles. The first kappa shape index (κ1) is 16.6. The van der Waals surface area contributed by atoms with Gasteiger partial charge < -0.3 is 10.2 Å². The zero-order valence-electron chi connectivity index (χ0n) is 12.9. The molecule has 0 spiro atoms. The largest absolute Gasteiger partial charge is 0.353 e. The second-order valence-electron chi connectivity index (χ2n) is 5.45. The summed E-state index contributed by atoms with van der Waals surface area (Å²) in [6.45, 7) is 6.73. The van der Waals surface area contributed by atoms with Crippen LogP contribution >= 0.6 is 11.8 Å². The summed E-state index contributed by atoms with van der Waals surface area (Å²) in [5.74, 6) is 1.63. The van der Waals surface area contributed by atoms with Crippen LogP contribution in [0.1, 0.15) is 18.1 Å². The topological polar surface area (TPSA) is 49.4 Å². The maximum absolute atomic E-state index is 12.0. The number of hydrogen-bond acceptors (Lipinski definition) is 5. The molecule has 1 heterocycles. The summed E-state index contributed by atoms with van der Waals surface area (Å²) in [5, 5.41) is 2.90. The predicted octanol–water partition coefficient (Wildman–Crippen LogP) is 2.03. The van der Waals surface area contributed by atoms with Crippen LogP contribution in [0.4, 0.5) is 5.69 Å². The fourth-order valence-electron chi connectivity index (χ4n) is 2.63. The van der Waals surface area contributed by atoms with Gasteiger partial charge in [-0.25, -0.2) is 8.42 Å². The molecule has 0 amide bonds. The van der Waals surface area contributed by atoms with Gasteiger partial charge in [-0.3, -0.25) is 0 Å². The van der Waals surface area contributed by atoms with E-state index in [4.69, 9.17) is 0 Å². The molecule has 4 nitrogen and oxygen atoms in total. The lowest BCUT2D eigenvalue weighted by molar-refractivity contribution is 0.584. The van der Waals surface area contributed by atoms with E-state index in [0.717, 1.165) is 36.6 Å². The third-order valence-electron chi connectivity index (χ3n) is 3.73. The Balaban J connectivity index is 2.27. The van der Waals surface area contributed by atoms with Crippen molar-refractivity contribution in [3.05, 3.63) is 29.3 Å². The van der Waals surface area contributed by atoms with Crippen LogP contribution in [0.2, 0.25) is 0 Å². The zero-order valence-corrected chi connectivity index (χ0v) is 14.6. The molecular weight excluding hydrogens is 304 g/mol. The molecule has 21 heavy (non-hydrogen) atoms. The predicted molar refractivity (Wildman–Crippen MR) is 91.9 cm³/mol. The highest BCUT2D eigenvalue weighted by molar-refractivity contribution is 8.01. The van der Waals surface area contributed by atoms with Gasteiger partial charge in [0.05, 0.1) is 0 Å². The van der Waals surface area contributed by atoms with Gasteiger partial charge in [0.1, 0.15) is 5.37 Å². The highest BCUT2D eigenvalue weighted by Crippen LogP contribution is 2.29. The van der Waals surface area contributed by atoms with Crippen molar-refractivity contribution in [1.29, 1.82) is 0 Å². The first-order valence-corrected chi connectivity index (χ1v) is 10.4. The average Bonchev–Trinajstić information content (AvgIpc) is 2.44. The van der Waals surface area contributed by atoms with Crippen molar-refractivity contribution in [1.82, 2.24) is 5.32 Å². The number of aryl methyl sites for hydroxylation is 1. The fraction of sp³-hybridized carbons (Fsp3) is 0.600. The number of nitrogens with one attached hydrogen (secondary N) is 1. The Kier molecular flexibility index (Phi) is 5.57. The zero-order chi connectivity index (χ0) is 15.5. The van der Waals surface area contributed by atoms with Crippen LogP contribution in [-0.4, -0.2) is 44.6 Å². The Morgan fingerprint density at radius 1 is 1.43 bits per heavy atom. The van der Waals surface area contributed by atoms with Crippen LogP contribution in [0, 0.1) is 6.92 Å². The lowest BCUT2D eigenvalue weighted by atomic mass is 10.1. The van der Waals surface area contributed by atoms with Gasteiger partial charge in [0, 0.05) is 36.5 Å². The summed E-state index contributed by atoms with van der Waals surface area (Å²) >= 11 is 1.72. The Hall–Kier alpha value is -0.720. The number of hydrogen-bond donors (Lipinski definition) is 1. The maximum atomic E-state index is 12.0. The second kappa shape index (κ2) is 7.03. The van der Waals surface area contributed by atoms with Crippen LogP contribution in [0.15, 0.2) is 18.2 Å². The summed E-state index contributed by atoms with van der Waals surface area (Å²) < 4.78 is 24.0. The lowest BCUT2D eigenvalue weighted by Crippen LogP contribution is -2.47. The summed E-state index contributed by atoms with van der Waals surface area (Å²) in [7, 11) is -3.07. The van der Waals surface area contributed by atoms with Crippen molar-refractivity contribution in [3.63, 3.8) is 0 Å². The fourth-order valence-corrected chi connectivity index (χ4v) is 5.46. The molecule has 1 aliphatic rings. The van der Waals surface area contributed by atoms with E-state index in [0.29, 0.717) is 5.75 Å². The van der Waals surface area contributed by atoms with E-state index in [1.165, 1.54) is 11.8 Å². The molecule has 1 atom stereocenters. The first-order valence-electron chi connectivity index (χ1n) is 7.27. The number of benzene rings is 1. The minimum atomic E-state index is -3.07. The van der Waals surface area contributed by atoms with Crippen LogP contribution in [0.3, 0.4) is 0 Å². The number of sulfone groups is 1. The van der Waals surface area contributed by atoms with Gasteiger partial charge in [-0.1, -0.05) is 19.1 Å². The normalized spacial score (nSPS) is 19.8. The molecule has 6 heteroatoms. The van der Waals surface area contributed by atoms with E-state index in [9.17, 15) is 8.42 Å². The highest BCUT2D eigenvalue weighted by atomic mass is 32.2. The molecule has 1 fully saturated rings. The van der Waals surface area contributed by atoms with Crippen molar-refractivity contribution in [3.8, 4) is 0 Å². The SMILES string of the molecule is CCNCc1ccc(N2CCSCC2S(C)(=O)=O)c(C)c1. The summed E-state index contributed by atoms with van der Waals surface area (Å²) in [5.41, 5.74) is 3.43. The molecule has 0 radical (unpaired) electrons. The summed E-state index contributed by atoms with van der Waals surface area (Å²) in [6, 6.07) is 6.31. The van der Waals surface area contributed by atoms with E-state index >= 15 is 0 Å². The minimum Gasteiger partial charge on any atom is -0.353 e. The van der Waals surface area contributed by atoms with Crippen LogP contribution in [-0.2, 0) is 16.4 Å². The Morgan fingerprint density at radius 3 is 2.81 bits per heavy atom. The van der Waals surface area contributed by atoms with Gasteiger partial charge in [-0.2, -0.15) is 11.8 Å². The highest BCUT2D eigenvalue weighted by Gasteiger charge is 2.31. The quantitative estimate of drug-likeness (QED) is 0.896. The van der Waals surface area contributed by atoms with Crippen molar-refractivity contribution >= 4 is 27.3 Å². The molecule has 1 aromatic carbocycles.